The molecule has 0 aliphatic rings. The molecule has 0 spiro atoms. The number of nitrogens with two attached hydrogens (primary N) is 1. The molecular formula is C20H21N5O5S. The molecule has 3 N–H and O–H groups in total. The first kappa shape index (κ1) is 22.1. The van der Waals surface area contributed by atoms with E-state index in [9.17, 15) is 18.0 Å². The summed E-state index contributed by atoms with van der Waals surface area (Å²) in [6.45, 7) is 2.18. The first-order valence-electron chi connectivity index (χ1n) is 9.36. The Labute approximate surface area is 179 Å². The van der Waals surface area contributed by atoms with Crippen LogP contribution in [0.25, 0.3) is 11.3 Å². The standard InChI is InChI=1S/C20H21N5O5S/c1-2-11-30-20(27)15-3-7-16(8-4-15)22-19(26)13-25-12-18(23-24-25)14-5-9-17(10-6-14)31(21,28)29/h3-10,12H,2,11,13H2,1H3,(H,22,26)(H2,21,28,29). The maximum absolute atomic E-state index is 12.3. The molecule has 1 aromatic heterocycles. The van der Waals surface area contributed by atoms with E-state index >= 15 is 0 Å². The predicted molar refractivity (Wildman–Crippen MR) is 112 cm³/mol. The molecule has 3 aromatic rings. The second kappa shape index (κ2) is 9.49. The topological polar surface area (TPSA) is 146 Å². The molecule has 0 aliphatic carbocycles. The van der Waals surface area contributed by atoms with Gasteiger partial charge in [0.15, 0.2) is 0 Å². The van der Waals surface area contributed by atoms with Crippen molar-refractivity contribution in [3.8, 4) is 11.3 Å². The number of anilines is 1. The lowest BCUT2D eigenvalue weighted by Gasteiger charge is -2.07. The number of carbonyl (C=O) groups excluding carboxylic acids is 2. The van der Waals surface area contributed by atoms with Gasteiger partial charge in [-0.3, -0.25) is 4.79 Å². The molecule has 3 rings (SSSR count). The molecule has 11 heteroatoms. The van der Waals surface area contributed by atoms with E-state index in [0.29, 0.717) is 29.1 Å². The SMILES string of the molecule is CCCOC(=O)c1ccc(NC(=O)Cn2cc(-c3ccc(S(N)(=O)=O)cc3)nn2)cc1. The number of esters is 1. The van der Waals surface area contributed by atoms with Crippen LogP contribution in [-0.2, 0) is 26.1 Å². The van der Waals surface area contributed by atoms with Gasteiger partial charge in [-0.1, -0.05) is 24.3 Å². The Kier molecular flexibility index (Phi) is 6.78. The van der Waals surface area contributed by atoms with Gasteiger partial charge in [-0.2, -0.15) is 0 Å². The van der Waals surface area contributed by atoms with Gasteiger partial charge in [-0.15, -0.1) is 5.10 Å². The van der Waals surface area contributed by atoms with Crippen molar-refractivity contribution in [2.24, 2.45) is 5.14 Å². The van der Waals surface area contributed by atoms with Crippen LogP contribution in [0, 0.1) is 0 Å². The second-order valence-electron chi connectivity index (χ2n) is 6.63. The number of nitrogens with zero attached hydrogens (tertiary/aromatic N) is 3. The van der Waals surface area contributed by atoms with Gasteiger partial charge in [0.05, 0.1) is 23.3 Å². The van der Waals surface area contributed by atoms with Crippen LogP contribution in [0.1, 0.15) is 23.7 Å². The van der Waals surface area contributed by atoms with Crippen LogP contribution in [0.3, 0.4) is 0 Å². The molecule has 0 radical (unpaired) electrons. The van der Waals surface area contributed by atoms with E-state index in [0.717, 1.165) is 6.42 Å². The Morgan fingerprint density at radius 2 is 1.77 bits per heavy atom. The minimum atomic E-state index is -3.77. The van der Waals surface area contributed by atoms with Crippen molar-refractivity contribution < 1.29 is 22.7 Å². The third-order valence-corrected chi connectivity index (χ3v) is 5.09. The Balaban J connectivity index is 1.59. The van der Waals surface area contributed by atoms with E-state index in [1.807, 2.05) is 6.92 Å². The summed E-state index contributed by atoms with van der Waals surface area (Å²) in [4.78, 5) is 24.1. The lowest BCUT2D eigenvalue weighted by Crippen LogP contribution is -2.19. The number of ether oxygens (including phenoxy) is 1. The molecule has 0 saturated heterocycles. The zero-order chi connectivity index (χ0) is 22.4. The molecule has 0 atom stereocenters. The van der Waals surface area contributed by atoms with Crippen LogP contribution in [0.2, 0.25) is 0 Å². The molecule has 0 fully saturated rings. The summed E-state index contributed by atoms with van der Waals surface area (Å²) < 4.78 is 29.1. The summed E-state index contributed by atoms with van der Waals surface area (Å²) >= 11 is 0. The summed E-state index contributed by atoms with van der Waals surface area (Å²) in [6, 6.07) is 12.2. The zero-order valence-electron chi connectivity index (χ0n) is 16.7. The predicted octanol–water partition coefficient (Wildman–Crippen LogP) is 1.80. The van der Waals surface area contributed by atoms with Crippen molar-refractivity contribution in [2.75, 3.05) is 11.9 Å². The van der Waals surface area contributed by atoms with Crippen molar-refractivity contribution in [2.45, 2.75) is 24.8 Å². The molecule has 31 heavy (non-hydrogen) atoms. The highest BCUT2D eigenvalue weighted by atomic mass is 32.2. The van der Waals surface area contributed by atoms with Crippen molar-refractivity contribution in [3.63, 3.8) is 0 Å². The maximum Gasteiger partial charge on any atom is 0.338 e. The molecule has 0 aliphatic heterocycles. The number of rotatable bonds is 8. The first-order chi connectivity index (χ1) is 14.8. The third kappa shape index (κ3) is 5.96. The first-order valence-corrected chi connectivity index (χ1v) is 10.9. The Bertz CT molecular complexity index is 1170. The van der Waals surface area contributed by atoms with Crippen molar-refractivity contribution in [1.82, 2.24) is 15.0 Å². The van der Waals surface area contributed by atoms with Crippen molar-refractivity contribution in [1.29, 1.82) is 0 Å². The van der Waals surface area contributed by atoms with Crippen molar-refractivity contribution in [3.05, 3.63) is 60.3 Å². The van der Waals surface area contributed by atoms with Gasteiger partial charge in [0.2, 0.25) is 15.9 Å². The van der Waals surface area contributed by atoms with E-state index in [-0.39, 0.29) is 17.3 Å². The van der Waals surface area contributed by atoms with Crippen molar-refractivity contribution >= 4 is 27.6 Å². The normalized spacial score (nSPS) is 11.2. The van der Waals surface area contributed by atoms with E-state index in [1.54, 1.807) is 42.6 Å². The molecule has 0 bridgehead atoms. The van der Waals surface area contributed by atoms with Gasteiger partial charge >= 0.3 is 5.97 Å². The average molecular weight is 443 g/mol. The van der Waals surface area contributed by atoms with Gasteiger partial charge < -0.3 is 10.1 Å². The quantitative estimate of drug-likeness (QED) is 0.505. The molecule has 1 amide bonds. The molecule has 10 nitrogen and oxygen atoms in total. The Morgan fingerprint density at radius 1 is 1.10 bits per heavy atom. The van der Waals surface area contributed by atoms with E-state index in [2.05, 4.69) is 15.6 Å². The molecule has 1 heterocycles. The molecule has 0 unspecified atom stereocenters. The summed E-state index contributed by atoms with van der Waals surface area (Å²) in [5.41, 5.74) is 2.03. The van der Waals surface area contributed by atoms with Crippen LogP contribution in [0.5, 0.6) is 0 Å². The average Bonchev–Trinajstić information content (AvgIpc) is 3.20. The number of amides is 1. The van der Waals surface area contributed by atoms with Crippen LogP contribution < -0.4 is 10.5 Å². The Hall–Kier alpha value is -3.57. The van der Waals surface area contributed by atoms with E-state index in [4.69, 9.17) is 9.88 Å². The number of sulfonamides is 1. The maximum atomic E-state index is 12.3. The molecule has 0 saturated carbocycles. The van der Waals surface area contributed by atoms with E-state index in [1.165, 1.54) is 16.8 Å². The summed E-state index contributed by atoms with van der Waals surface area (Å²) in [6.07, 6.45) is 2.31. The number of aromatic nitrogens is 3. The fraction of sp³-hybridized carbons (Fsp3) is 0.200. The molecule has 2 aromatic carbocycles. The van der Waals surface area contributed by atoms with E-state index < -0.39 is 16.0 Å². The monoisotopic (exact) mass is 443 g/mol. The van der Waals surface area contributed by atoms with Gasteiger partial charge in [0.1, 0.15) is 12.2 Å². The summed E-state index contributed by atoms with van der Waals surface area (Å²) in [7, 11) is -3.77. The highest BCUT2D eigenvalue weighted by molar-refractivity contribution is 7.89. The van der Waals surface area contributed by atoms with Crippen LogP contribution in [0.4, 0.5) is 5.69 Å². The number of nitrogens with one attached hydrogen (secondary N) is 1. The fourth-order valence-electron chi connectivity index (χ4n) is 2.64. The molecular weight excluding hydrogens is 422 g/mol. The number of hydrogen-bond donors (Lipinski definition) is 2. The molecule has 162 valence electrons. The van der Waals surface area contributed by atoms with Gasteiger partial charge in [-0.25, -0.2) is 23.0 Å². The van der Waals surface area contributed by atoms with Gasteiger partial charge in [-0.05, 0) is 42.8 Å². The number of hydrogen-bond acceptors (Lipinski definition) is 7. The fourth-order valence-corrected chi connectivity index (χ4v) is 3.15. The van der Waals surface area contributed by atoms with Crippen LogP contribution >= 0.6 is 0 Å². The number of primary sulfonamides is 1. The lowest BCUT2D eigenvalue weighted by molar-refractivity contribution is -0.116. The van der Waals surface area contributed by atoms with Gasteiger partial charge in [0.25, 0.3) is 0 Å². The highest BCUT2D eigenvalue weighted by Gasteiger charge is 2.11. The smallest absolute Gasteiger partial charge is 0.338 e. The minimum Gasteiger partial charge on any atom is -0.462 e. The van der Waals surface area contributed by atoms with Crippen LogP contribution in [-0.4, -0.2) is 41.9 Å². The lowest BCUT2D eigenvalue weighted by atomic mass is 10.2. The van der Waals surface area contributed by atoms with Crippen LogP contribution in [0.15, 0.2) is 59.6 Å². The number of carbonyl (C=O) groups is 2. The second-order valence-corrected chi connectivity index (χ2v) is 8.19. The third-order valence-electron chi connectivity index (χ3n) is 4.16. The number of benzene rings is 2. The largest absolute Gasteiger partial charge is 0.462 e. The summed E-state index contributed by atoms with van der Waals surface area (Å²) in [5, 5.41) is 15.7. The minimum absolute atomic E-state index is 0.00679. The zero-order valence-corrected chi connectivity index (χ0v) is 17.5. The Morgan fingerprint density at radius 3 is 2.39 bits per heavy atom. The highest BCUT2D eigenvalue weighted by Crippen LogP contribution is 2.18. The summed E-state index contributed by atoms with van der Waals surface area (Å²) in [5.74, 6) is -0.741. The van der Waals surface area contributed by atoms with Gasteiger partial charge in [0, 0.05) is 11.3 Å².